The summed E-state index contributed by atoms with van der Waals surface area (Å²) in [5.41, 5.74) is 2.39. The van der Waals surface area contributed by atoms with Gasteiger partial charge in [-0.05, 0) is 33.5 Å². The molecule has 4 aromatic rings. The van der Waals surface area contributed by atoms with Crippen LogP contribution in [0.5, 0.6) is 0 Å². The Balaban J connectivity index is 1.56. The number of benzene rings is 2. The molecule has 0 aliphatic carbocycles. The molecule has 0 bridgehead atoms. The highest BCUT2D eigenvalue weighted by Gasteiger charge is 2.49. The van der Waals surface area contributed by atoms with Crippen molar-refractivity contribution < 1.29 is 9.22 Å². The van der Waals surface area contributed by atoms with Crippen molar-refractivity contribution in [2.75, 3.05) is 6.61 Å². The van der Waals surface area contributed by atoms with E-state index in [1.807, 2.05) is 12.3 Å². The number of carbonyl (C=O) groups excluding carboxylic acids is 1. The molecule has 0 atom stereocenters. The lowest BCUT2D eigenvalue weighted by Gasteiger charge is -2.43. The molecular weight excluding hydrogens is 456 g/mol. The third-order valence-electron chi connectivity index (χ3n) is 6.03. The fraction of sp³-hybridized carbons (Fsp3) is 0.250. The number of hydrogen-bond acceptors (Lipinski definition) is 5. The van der Waals surface area contributed by atoms with Crippen LogP contribution in [0.2, 0.25) is 5.04 Å². The largest absolute Gasteiger partial charge is 0.407 e. The Morgan fingerprint density at radius 2 is 1.56 bits per heavy atom. The molecule has 34 heavy (non-hydrogen) atoms. The fourth-order valence-corrected chi connectivity index (χ4v) is 9.73. The molecule has 0 spiro atoms. The van der Waals surface area contributed by atoms with E-state index in [9.17, 15) is 4.79 Å². The maximum atomic E-state index is 11.5. The number of carbonyl (C=O) groups is 1. The predicted octanol–water partition coefficient (Wildman–Crippen LogP) is 5.53. The number of ketones is 1. The van der Waals surface area contributed by atoms with Crippen LogP contribution >= 0.6 is 11.3 Å². The highest BCUT2D eigenvalue weighted by Crippen LogP contribution is 2.36. The van der Waals surface area contributed by atoms with Crippen molar-refractivity contribution >= 4 is 35.8 Å². The maximum Gasteiger partial charge on any atom is 0.261 e. The van der Waals surface area contributed by atoms with Crippen molar-refractivity contribution in [1.29, 1.82) is 0 Å². The molecule has 6 heteroatoms. The van der Waals surface area contributed by atoms with Crippen LogP contribution in [-0.2, 0) is 10.8 Å². The molecule has 0 fully saturated rings. The first-order chi connectivity index (χ1) is 16.3. The zero-order chi connectivity index (χ0) is 24.2. The summed E-state index contributed by atoms with van der Waals surface area (Å²) in [7, 11) is -2.54. The lowest BCUT2D eigenvalue weighted by molar-refractivity contribution is 0.101. The van der Waals surface area contributed by atoms with E-state index < -0.39 is 8.32 Å². The van der Waals surface area contributed by atoms with Gasteiger partial charge in [-0.2, -0.15) is 0 Å². The zero-order valence-electron chi connectivity index (χ0n) is 20.1. The molecule has 0 aliphatic heterocycles. The molecule has 0 amide bonds. The van der Waals surface area contributed by atoms with Crippen molar-refractivity contribution in [2.24, 2.45) is 0 Å². The maximum absolute atomic E-state index is 11.5. The lowest BCUT2D eigenvalue weighted by Crippen LogP contribution is -2.66. The van der Waals surface area contributed by atoms with Crippen molar-refractivity contribution in [3.63, 3.8) is 0 Å². The van der Waals surface area contributed by atoms with Gasteiger partial charge in [0.15, 0.2) is 5.78 Å². The standard InChI is InChI=1S/C28H30N2O2SSi/c1-21(31)26-20-33-27(30-26)25-16-15-22(19-29-25)17-18-32-34(28(2,3)4,23-11-7-5-8-12-23)24-13-9-6-10-14-24/h5-16,19-20H,17-18H2,1-4H3. The molecule has 0 unspecified atom stereocenters. The van der Waals surface area contributed by atoms with E-state index in [4.69, 9.17) is 4.43 Å². The number of Topliss-reactive ketones (excluding diaryl/α,β-unsaturated/α-hetero) is 1. The average molecular weight is 487 g/mol. The van der Waals surface area contributed by atoms with Crippen LogP contribution in [0, 0.1) is 0 Å². The summed E-state index contributed by atoms with van der Waals surface area (Å²) in [5.74, 6) is -0.0281. The second kappa shape index (κ2) is 10.1. The first-order valence-electron chi connectivity index (χ1n) is 11.5. The highest BCUT2D eigenvalue weighted by atomic mass is 32.1. The van der Waals surface area contributed by atoms with Crippen molar-refractivity contribution in [2.45, 2.75) is 39.2 Å². The van der Waals surface area contributed by atoms with E-state index in [0.717, 1.165) is 22.7 Å². The molecule has 0 radical (unpaired) electrons. The molecule has 0 saturated heterocycles. The van der Waals surface area contributed by atoms with E-state index in [1.165, 1.54) is 28.6 Å². The molecule has 2 heterocycles. The monoisotopic (exact) mass is 486 g/mol. The van der Waals surface area contributed by atoms with Gasteiger partial charge in [-0.3, -0.25) is 9.78 Å². The molecule has 0 N–H and O–H groups in total. The number of rotatable bonds is 8. The van der Waals surface area contributed by atoms with Gasteiger partial charge >= 0.3 is 0 Å². The lowest BCUT2D eigenvalue weighted by atomic mass is 10.2. The summed E-state index contributed by atoms with van der Waals surface area (Å²) in [6, 6.07) is 25.4. The highest BCUT2D eigenvalue weighted by molar-refractivity contribution is 7.13. The molecule has 2 aromatic carbocycles. The van der Waals surface area contributed by atoms with Crippen LogP contribution in [-0.4, -0.2) is 30.7 Å². The number of hydrogen-bond donors (Lipinski definition) is 0. The van der Waals surface area contributed by atoms with Gasteiger partial charge in [0, 0.05) is 25.1 Å². The molecule has 174 valence electrons. The van der Waals surface area contributed by atoms with Gasteiger partial charge in [-0.1, -0.05) is 87.5 Å². The summed E-state index contributed by atoms with van der Waals surface area (Å²) < 4.78 is 6.98. The quantitative estimate of drug-likeness (QED) is 0.243. The Hall–Kier alpha value is -2.93. The van der Waals surface area contributed by atoms with Crippen LogP contribution in [0.15, 0.2) is 84.4 Å². The third-order valence-corrected chi connectivity index (χ3v) is 11.9. The Kier molecular flexibility index (Phi) is 7.21. The van der Waals surface area contributed by atoms with Crippen LogP contribution in [0.1, 0.15) is 43.7 Å². The van der Waals surface area contributed by atoms with Gasteiger partial charge in [0.05, 0.1) is 5.69 Å². The molecular formula is C28H30N2O2SSi. The van der Waals surface area contributed by atoms with Crippen LogP contribution in [0.25, 0.3) is 10.7 Å². The molecule has 2 aromatic heterocycles. The van der Waals surface area contributed by atoms with Gasteiger partial charge in [-0.15, -0.1) is 11.3 Å². The predicted molar refractivity (Wildman–Crippen MR) is 143 cm³/mol. The Morgan fingerprint density at radius 3 is 2.03 bits per heavy atom. The van der Waals surface area contributed by atoms with Gasteiger partial charge in [-0.25, -0.2) is 4.98 Å². The molecule has 4 rings (SSSR count). The van der Waals surface area contributed by atoms with Gasteiger partial charge in [0.1, 0.15) is 10.7 Å². The van der Waals surface area contributed by atoms with Crippen molar-refractivity contribution in [3.8, 4) is 10.7 Å². The summed E-state index contributed by atoms with van der Waals surface area (Å²) in [5, 5.41) is 5.07. The smallest absolute Gasteiger partial charge is 0.261 e. The topological polar surface area (TPSA) is 52.1 Å². The number of pyridine rings is 1. The number of thiazole rings is 1. The first-order valence-corrected chi connectivity index (χ1v) is 14.3. The second-order valence-corrected chi connectivity index (χ2v) is 14.6. The normalized spacial score (nSPS) is 12.0. The third kappa shape index (κ3) is 4.94. The van der Waals surface area contributed by atoms with Crippen molar-refractivity contribution in [3.05, 3.63) is 95.6 Å². The minimum atomic E-state index is -2.54. The Morgan fingerprint density at radius 1 is 0.941 bits per heavy atom. The number of aromatic nitrogens is 2. The number of nitrogens with zero attached hydrogens (tertiary/aromatic N) is 2. The summed E-state index contributed by atoms with van der Waals surface area (Å²) in [4.78, 5) is 20.5. The van der Waals surface area contributed by atoms with E-state index in [2.05, 4.69) is 97.5 Å². The average Bonchev–Trinajstić information content (AvgIpc) is 3.33. The van der Waals surface area contributed by atoms with Crippen LogP contribution < -0.4 is 10.4 Å². The molecule has 0 aliphatic rings. The second-order valence-electron chi connectivity index (χ2n) is 9.41. The summed E-state index contributed by atoms with van der Waals surface area (Å²) >= 11 is 1.44. The van der Waals surface area contributed by atoms with Crippen molar-refractivity contribution in [1.82, 2.24) is 9.97 Å². The van der Waals surface area contributed by atoms with E-state index in [-0.39, 0.29) is 10.8 Å². The van der Waals surface area contributed by atoms with E-state index >= 15 is 0 Å². The summed E-state index contributed by atoms with van der Waals surface area (Å²) in [6.45, 7) is 9.01. The zero-order valence-corrected chi connectivity index (χ0v) is 21.9. The van der Waals surface area contributed by atoms with E-state index in [0.29, 0.717) is 12.3 Å². The Labute approximate surface area is 206 Å². The minimum Gasteiger partial charge on any atom is -0.407 e. The van der Waals surface area contributed by atoms with Crippen LogP contribution in [0.4, 0.5) is 0 Å². The van der Waals surface area contributed by atoms with Crippen LogP contribution in [0.3, 0.4) is 0 Å². The first kappa shape index (κ1) is 24.2. The minimum absolute atomic E-state index is 0.0281. The molecule has 4 nitrogen and oxygen atoms in total. The van der Waals surface area contributed by atoms with Gasteiger partial charge in [0.25, 0.3) is 8.32 Å². The SMILES string of the molecule is CC(=O)c1csc(-c2ccc(CCO[Si](c3ccccc3)(c3ccccc3)C(C)(C)C)cn2)n1. The Bertz CT molecular complexity index is 1190. The van der Waals surface area contributed by atoms with E-state index in [1.54, 1.807) is 5.38 Å². The van der Waals surface area contributed by atoms with Gasteiger partial charge in [0.2, 0.25) is 0 Å². The molecule has 0 saturated carbocycles. The summed E-state index contributed by atoms with van der Waals surface area (Å²) in [6.07, 6.45) is 2.66. The van der Waals surface area contributed by atoms with Gasteiger partial charge < -0.3 is 4.43 Å². The fourth-order valence-electron chi connectivity index (χ4n) is 4.34.